The molecule has 18 heavy (non-hydrogen) atoms. The molecular formula is C14H18BrNO2. The first-order valence-electron chi connectivity index (χ1n) is 6.33. The van der Waals surface area contributed by atoms with Crippen molar-refractivity contribution in [2.24, 2.45) is 0 Å². The minimum absolute atomic E-state index is 0.120. The standard InChI is InChI=1S/C14H18BrNO2/c1-2-14(8-3-9-16-14)13(17)18-10-11-4-6-12(15)7-5-11/h4-7,16H,2-3,8-10H2,1H3. The zero-order valence-electron chi connectivity index (χ0n) is 10.5. The summed E-state index contributed by atoms with van der Waals surface area (Å²) in [4.78, 5) is 12.1. The molecule has 0 spiro atoms. The second kappa shape index (κ2) is 5.85. The average molecular weight is 312 g/mol. The fraction of sp³-hybridized carbons (Fsp3) is 0.500. The van der Waals surface area contributed by atoms with Gasteiger partial charge in [0.1, 0.15) is 12.1 Å². The normalized spacial score (nSPS) is 23.0. The van der Waals surface area contributed by atoms with Crippen LogP contribution in [-0.4, -0.2) is 18.1 Å². The van der Waals surface area contributed by atoms with Gasteiger partial charge in [-0.1, -0.05) is 35.0 Å². The highest BCUT2D eigenvalue weighted by Gasteiger charge is 2.40. The summed E-state index contributed by atoms with van der Waals surface area (Å²) >= 11 is 3.38. The quantitative estimate of drug-likeness (QED) is 0.869. The Kier molecular flexibility index (Phi) is 4.40. The number of esters is 1. The van der Waals surface area contributed by atoms with E-state index in [0.29, 0.717) is 6.61 Å². The van der Waals surface area contributed by atoms with Crippen LogP contribution in [-0.2, 0) is 16.1 Å². The van der Waals surface area contributed by atoms with Crippen molar-refractivity contribution in [3.8, 4) is 0 Å². The fourth-order valence-electron chi connectivity index (χ4n) is 2.29. The van der Waals surface area contributed by atoms with Gasteiger partial charge in [-0.25, -0.2) is 0 Å². The Morgan fingerprint density at radius 3 is 2.72 bits per heavy atom. The lowest BCUT2D eigenvalue weighted by Gasteiger charge is -2.25. The highest BCUT2D eigenvalue weighted by Crippen LogP contribution is 2.25. The summed E-state index contributed by atoms with van der Waals surface area (Å²) in [6.07, 6.45) is 2.70. The largest absolute Gasteiger partial charge is 0.459 e. The van der Waals surface area contributed by atoms with Crippen molar-refractivity contribution in [2.45, 2.75) is 38.3 Å². The summed E-state index contributed by atoms with van der Waals surface area (Å²) in [6, 6.07) is 7.81. The van der Waals surface area contributed by atoms with Gasteiger partial charge < -0.3 is 10.1 Å². The molecule has 0 amide bonds. The van der Waals surface area contributed by atoms with Gasteiger partial charge in [-0.15, -0.1) is 0 Å². The van der Waals surface area contributed by atoms with Crippen molar-refractivity contribution in [1.82, 2.24) is 5.32 Å². The van der Waals surface area contributed by atoms with Gasteiger partial charge in [0.25, 0.3) is 0 Å². The Balaban J connectivity index is 1.93. The topological polar surface area (TPSA) is 38.3 Å². The number of benzene rings is 1. The van der Waals surface area contributed by atoms with E-state index in [9.17, 15) is 4.79 Å². The third kappa shape index (κ3) is 2.93. The van der Waals surface area contributed by atoms with Crippen LogP contribution in [0.2, 0.25) is 0 Å². The molecule has 1 atom stereocenters. The van der Waals surface area contributed by atoms with Gasteiger partial charge >= 0.3 is 5.97 Å². The van der Waals surface area contributed by atoms with E-state index in [1.165, 1.54) is 0 Å². The van der Waals surface area contributed by atoms with E-state index < -0.39 is 5.54 Å². The van der Waals surface area contributed by atoms with Crippen LogP contribution in [0.25, 0.3) is 0 Å². The lowest BCUT2D eigenvalue weighted by atomic mass is 9.94. The van der Waals surface area contributed by atoms with Crippen molar-refractivity contribution in [3.05, 3.63) is 34.3 Å². The predicted molar refractivity (Wildman–Crippen MR) is 74.2 cm³/mol. The smallest absolute Gasteiger partial charge is 0.326 e. The maximum Gasteiger partial charge on any atom is 0.326 e. The van der Waals surface area contributed by atoms with Crippen LogP contribution in [0.5, 0.6) is 0 Å². The number of hydrogen-bond donors (Lipinski definition) is 1. The van der Waals surface area contributed by atoms with Gasteiger partial charge in [0, 0.05) is 4.47 Å². The Labute approximate surface area is 116 Å². The Bertz CT molecular complexity index is 410. The van der Waals surface area contributed by atoms with Crippen LogP contribution in [0.4, 0.5) is 0 Å². The molecule has 0 radical (unpaired) electrons. The summed E-state index contributed by atoms with van der Waals surface area (Å²) in [5.74, 6) is -0.120. The third-order valence-electron chi connectivity index (χ3n) is 3.52. The molecule has 98 valence electrons. The number of halogens is 1. The molecule has 0 saturated carbocycles. The van der Waals surface area contributed by atoms with Crippen molar-refractivity contribution in [3.63, 3.8) is 0 Å². The number of hydrogen-bond acceptors (Lipinski definition) is 3. The lowest BCUT2D eigenvalue weighted by Crippen LogP contribution is -2.48. The van der Waals surface area contributed by atoms with E-state index in [1.54, 1.807) is 0 Å². The van der Waals surface area contributed by atoms with Crippen LogP contribution >= 0.6 is 15.9 Å². The van der Waals surface area contributed by atoms with Crippen LogP contribution in [0, 0.1) is 0 Å². The van der Waals surface area contributed by atoms with Crippen molar-refractivity contribution in [2.75, 3.05) is 6.54 Å². The molecule has 1 N–H and O–H groups in total. The zero-order chi connectivity index (χ0) is 13.0. The summed E-state index contributed by atoms with van der Waals surface area (Å²) in [5, 5.41) is 3.28. The first kappa shape index (κ1) is 13.6. The zero-order valence-corrected chi connectivity index (χ0v) is 12.1. The summed E-state index contributed by atoms with van der Waals surface area (Å²) in [6.45, 7) is 3.27. The molecule has 1 saturated heterocycles. The second-order valence-corrected chi connectivity index (χ2v) is 5.58. The second-order valence-electron chi connectivity index (χ2n) is 4.67. The monoisotopic (exact) mass is 311 g/mol. The number of carbonyl (C=O) groups is 1. The van der Waals surface area contributed by atoms with E-state index in [1.807, 2.05) is 31.2 Å². The van der Waals surface area contributed by atoms with Crippen molar-refractivity contribution >= 4 is 21.9 Å². The number of carbonyl (C=O) groups excluding carboxylic acids is 1. The van der Waals surface area contributed by atoms with E-state index in [-0.39, 0.29) is 5.97 Å². The lowest BCUT2D eigenvalue weighted by molar-refractivity contribution is -0.152. The van der Waals surface area contributed by atoms with Crippen molar-refractivity contribution in [1.29, 1.82) is 0 Å². The maximum atomic E-state index is 12.1. The number of ether oxygens (including phenoxy) is 1. The SMILES string of the molecule is CCC1(C(=O)OCc2ccc(Br)cc2)CCCN1. The van der Waals surface area contributed by atoms with E-state index >= 15 is 0 Å². The molecule has 2 rings (SSSR count). The minimum Gasteiger partial charge on any atom is -0.459 e. The van der Waals surface area contributed by atoms with Gasteiger partial charge in [0.05, 0.1) is 0 Å². The first-order valence-corrected chi connectivity index (χ1v) is 7.12. The third-order valence-corrected chi connectivity index (χ3v) is 4.05. The van der Waals surface area contributed by atoms with Crippen LogP contribution < -0.4 is 5.32 Å². The van der Waals surface area contributed by atoms with Gasteiger partial charge in [0.2, 0.25) is 0 Å². The van der Waals surface area contributed by atoms with Crippen LogP contribution in [0.1, 0.15) is 31.7 Å². The molecule has 1 fully saturated rings. The fourth-order valence-corrected chi connectivity index (χ4v) is 2.56. The highest BCUT2D eigenvalue weighted by atomic mass is 79.9. The highest BCUT2D eigenvalue weighted by molar-refractivity contribution is 9.10. The molecule has 1 heterocycles. The predicted octanol–water partition coefficient (Wildman–Crippen LogP) is 3.02. The molecule has 1 aromatic carbocycles. The van der Waals surface area contributed by atoms with Crippen molar-refractivity contribution < 1.29 is 9.53 Å². The summed E-state index contributed by atoms with van der Waals surface area (Å²) < 4.78 is 6.46. The first-order chi connectivity index (χ1) is 8.66. The van der Waals surface area contributed by atoms with E-state index in [0.717, 1.165) is 35.8 Å². The molecule has 1 unspecified atom stereocenters. The Morgan fingerprint density at radius 1 is 1.44 bits per heavy atom. The molecule has 1 aliphatic heterocycles. The maximum absolute atomic E-state index is 12.1. The summed E-state index contributed by atoms with van der Waals surface area (Å²) in [5.41, 5.74) is 0.561. The summed E-state index contributed by atoms with van der Waals surface area (Å²) in [7, 11) is 0. The number of rotatable bonds is 4. The number of nitrogens with one attached hydrogen (secondary N) is 1. The van der Waals surface area contributed by atoms with Gasteiger partial charge in [0.15, 0.2) is 0 Å². The van der Waals surface area contributed by atoms with E-state index in [4.69, 9.17) is 4.74 Å². The molecule has 0 aromatic heterocycles. The molecule has 1 aromatic rings. The molecule has 0 aliphatic carbocycles. The molecule has 0 bridgehead atoms. The minimum atomic E-state index is -0.449. The molecule has 4 heteroatoms. The van der Waals surface area contributed by atoms with Crippen LogP contribution in [0.3, 0.4) is 0 Å². The van der Waals surface area contributed by atoms with Gasteiger partial charge in [-0.2, -0.15) is 0 Å². The van der Waals surface area contributed by atoms with Gasteiger partial charge in [-0.05, 0) is 43.5 Å². The molecular weight excluding hydrogens is 294 g/mol. The van der Waals surface area contributed by atoms with Gasteiger partial charge in [-0.3, -0.25) is 4.79 Å². The Morgan fingerprint density at radius 2 is 2.17 bits per heavy atom. The Hall–Kier alpha value is -0.870. The average Bonchev–Trinajstić information content (AvgIpc) is 2.88. The molecule has 1 aliphatic rings. The molecule has 3 nitrogen and oxygen atoms in total. The van der Waals surface area contributed by atoms with E-state index in [2.05, 4.69) is 21.2 Å². The van der Waals surface area contributed by atoms with Crippen LogP contribution in [0.15, 0.2) is 28.7 Å².